The minimum Gasteiger partial charge on any atom is -0.423 e. The van der Waals surface area contributed by atoms with Crippen LogP contribution in [-0.2, 0) is 0 Å². The topological polar surface area (TPSA) is 111 Å². The number of carbonyl (C=O) groups excluding carboxylic acids is 2. The van der Waals surface area contributed by atoms with Gasteiger partial charge < -0.3 is 4.74 Å². The molecule has 0 aliphatic heterocycles. The lowest BCUT2D eigenvalue weighted by atomic mass is 10.2. The molecule has 1 N–H and O–H groups in total. The van der Waals surface area contributed by atoms with E-state index in [9.17, 15) is 19.7 Å². The lowest BCUT2D eigenvalue weighted by molar-refractivity contribution is -0.384. The van der Waals surface area contributed by atoms with E-state index in [2.05, 4.69) is 10.5 Å². The van der Waals surface area contributed by atoms with Gasteiger partial charge >= 0.3 is 5.97 Å². The zero-order chi connectivity index (χ0) is 21.5. The van der Waals surface area contributed by atoms with Crippen molar-refractivity contribution in [1.82, 2.24) is 5.43 Å². The molecule has 8 nitrogen and oxygen atoms in total. The maximum atomic E-state index is 12.2. The molecular weight excluding hydrogens is 410 g/mol. The fraction of sp³-hybridized carbons (Fsp3) is 0. The van der Waals surface area contributed by atoms with Gasteiger partial charge in [-0.05, 0) is 48.0 Å². The lowest BCUT2D eigenvalue weighted by Gasteiger charge is -2.05. The Labute approximate surface area is 175 Å². The summed E-state index contributed by atoms with van der Waals surface area (Å²) < 4.78 is 5.32. The first-order valence-electron chi connectivity index (χ1n) is 8.58. The summed E-state index contributed by atoms with van der Waals surface area (Å²) in [4.78, 5) is 34.4. The molecule has 0 aliphatic carbocycles. The minimum atomic E-state index is -0.597. The van der Waals surface area contributed by atoms with Crippen LogP contribution in [0.1, 0.15) is 26.3 Å². The van der Waals surface area contributed by atoms with Gasteiger partial charge in [-0.25, -0.2) is 10.2 Å². The van der Waals surface area contributed by atoms with E-state index in [0.29, 0.717) is 21.9 Å². The number of ether oxygens (including phenoxy) is 1. The fourth-order valence-corrected chi connectivity index (χ4v) is 2.53. The van der Waals surface area contributed by atoms with Crippen molar-refractivity contribution >= 4 is 35.4 Å². The van der Waals surface area contributed by atoms with E-state index in [-0.39, 0.29) is 11.3 Å². The van der Waals surface area contributed by atoms with Crippen LogP contribution >= 0.6 is 11.6 Å². The van der Waals surface area contributed by atoms with Gasteiger partial charge in [-0.1, -0.05) is 29.8 Å². The zero-order valence-electron chi connectivity index (χ0n) is 15.3. The molecule has 9 heteroatoms. The molecule has 0 bridgehead atoms. The van der Waals surface area contributed by atoms with Gasteiger partial charge in [-0.15, -0.1) is 0 Å². The van der Waals surface area contributed by atoms with Gasteiger partial charge in [0.2, 0.25) is 0 Å². The molecule has 0 saturated heterocycles. The Hall–Kier alpha value is -4.04. The van der Waals surface area contributed by atoms with Crippen LogP contribution in [0, 0.1) is 10.1 Å². The number of nitro benzene ring substituents is 1. The second-order valence-electron chi connectivity index (χ2n) is 5.98. The SMILES string of the molecule is O=C(N/N=C/c1cccc(OC(=O)c2ccc(Cl)cc2)c1)c1cccc([N+](=O)[O-])c1. The number of amides is 1. The first kappa shape index (κ1) is 20.7. The summed E-state index contributed by atoms with van der Waals surface area (Å²) in [6.07, 6.45) is 1.36. The van der Waals surface area contributed by atoms with Crippen molar-refractivity contribution in [3.63, 3.8) is 0 Å². The van der Waals surface area contributed by atoms with E-state index in [1.165, 1.54) is 24.4 Å². The smallest absolute Gasteiger partial charge is 0.343 e. The third kappa shape index (κ3) is 5.49. The Kier molecular flexibility index (Phi) is 6.51. The number of non-ortho nitro benzene ring substituents is 1. The molecule has 3 rings (SSSR count). The standard InChI is InChI=1S/C21H14ClN3O5/c22-17-9-7-15(8-10-17)21(27)30-19-6-1-3-14(11-19)13-23-24-20(26)16-4-2-5-18(12-16)25(28)29/h1-13H,(H,24,26)/b23-13+. The molecule has 0 atom stereocenters. The van der Waals surface area contributed by atoms with Crippen LogP contribution in [0.15, 0.2) is 77.9 Å². The zero-order valence-corrected chi connectivity index (χ0v) is 16.1. The van der Waals surface area contributed by atoms with Gasteiger partial charge in [0.05, 0.1) is 16.7 Å². The number of nitrogens with zero attached hydrogens (tertiary/aromatic N) is 2. The molecule has 0 saturated carbocycles. The van der Waals surface area contributed by atoms with Crippen molar-refractivity contribution in [2.45, 2.75) is 0 Å². The highest BCUT2D eigenvalue weighted by molar-refractivity contribution is 6.30. The van der Waals surface area contributed by atoms with Crippen LogP contribution in [0.4, 0.5) is 5.69 Å². The number of nitrogens with one attached hydrogen (secondary N) is 1. The summed E-state index contributed by atoms with van der Waals surface area (Å²) in [5.74, 6) is -0.844. The second-order valence-corrected chi connectivity index (χ2v) is 6.41. The molecule has 30 heavy (non-hydrogen) atoms. The van der Waals surface area contributed by atoms with Crippen LogP contribution in [0.3, 0.4) is 0 Å². The molecule has 0 aromatic heterocycles. The van der Waals surface area contributed by atoms with Gasteiger partial charge in [-0.2, -0.15) is 5.10 Å². The number of hydrazone groups is 1. The number of esters is 1. The van der Waals surface area contributed by atoms with Crippen molar-refractivity contribution in [3.05, 3.63) is 105 Å². The van der Waals surface area contributed by atoms with Crippen molar-refractivity contribution in [2.24, 2.45) is 5.10 Å². The molecule has 150 valence electrons. The van der Waals surface area contributed by atoms with Crippen LogP contribution in [0.5, 0.6) is 5.75 Å². The molecule has 0 spiro atoms. The second kappa shape index (κ2) is 9.44. The Morgan fingerprint density at radius 1 is 1.00 bits per heavy atom. The number of rotatable bonds is 6. The van der Waals surface area contributed by atoms with Gasteiger partial charge in [0.1, 0.15) is 5.75 Å². The first-order chi connectivity index (χ1) is 14.4. The van der Waals surface area contributed by atoms with Gasteiger partial charge in [0.25, 0.3) is 11.6 Å². The summed E-state index contributed by atoms with van der Waals surface area (Å²) >= 11 is 5.80. The monoisotopic (exact) mass is 423 g/mol. The Bertz CT molecular complexity index is 1130. The highest BCUT2D eigenvalue weighted by Crippen LogP contribution is 2.16. The molecule has 0 aliphatic rings. The number of hydrogen-bond donors (Lipinski definition) is 1. The highest BCUT2D eigenvalue weighted by Gasteiger charge is 2.11. The number of halogens is 1. The summed E-state index contributed by atoms with van der Waals surface area (Å²) in [5, 5.41) is 15.1. The number of hydrogen-bond acceptors (Lipinski definition) is 6. The average Bonchev–Trinajstić information content (AvgIpc) is 2.74. The molecule has 3 aromatic carbocycles. The maximum absolute atomic E-state index is 12.2. The van der Waals surface area contributed by atoms with E-state index in [1.807, 2.05) is 0 Å². The van der Waals surface area contributed by atoms with E-state index >= 15 is 0 Å². The predicted octanol–water partition coefficient (Wildman–Crippen LogP) is 4.23. The highest BCUT2D eigenvalue weighted by atomic mass is 35.5. The van der Waals surface area contributed by atoms with E-state index < -0.39 is 16.8 Å². The summed E-state index contributed by atoms with van der Waals surface area (Å²) in [6, 6.07) is 18.1. The Morgan fingerprint density at radius 3 is 2.47 bits per heavy atom. The largest absolute Gasteiger partial charge is 0.423 e. The molecular formula is C21H14ClN3O5. The van der Waals surface area contributed by atoms with Crippen LogP contribution in [0.2, 0.25) is 5.02 Å². The van der Waals surface area contributed by atoms with E-state index in [4.69, 9.17) is 16.3 Å². The Balaban J connectivity index is 1.63. The van der Waals surface area contributed by atoms with Crippen molar-refractivity contribution in [2.75, 3.05) is 0 Å². The molecule has 0 unspecified atom stereocenters. The summed E-state index contributed by atoms with van der Waals surface area (Å²) in [6.45, 7) is 0. The number of nitro groups is 1. The van der Waals surface area contributed by atoms with Crippen molar-refractivity contribution in [1.29, 1.82) is 0 Å². The van der Waals surface area contributed by atoms with Crippen LogP contribution < -0.4 is 10.2 Å². The predicted molar refractivity (Wildman–Crippen MR) is 111 cm³/mol. The first-order valence-corrected chi connectivity index (χ1v) is 8.96. The van der Waals surface area contributed by atoms with Crippen molar-refractivity contribution < 1.29 is 19.2 Å². The van der Waals surface area contributed by atoms with Crippen LogP contribution in [0.25, 0.3) is 0 Å². The van der Waals surface area contributed by atoms with E-state index in [0.717, 1.165) is 6.07 Å². The fourth-order valence-electron chi connectivity index (χ4n) is 2.40. The Morgan fingerprint density at radius 2 is 1.73 bits per heavy atom. The van der Waals surface area contributed by atoms with Gasteiger partial charge in [-0.3, -0.25) is 14.9 Å². The number of benzene rings is 3. The van der Waals surface area contributed by atoms with E-state index in [1.54, 1.807) is 48.5 Å². The van der Waals surface area contributed by atoms with Gasteiger partial charge in [0, 0.05) is 22.7 Å². The van der Waals surface area contributed by atoms with Crippen molar-refractivity contribution in [3.8, 4) is 5.75 Å². The summed E-state index contributed by atoms with van der Waals surface area (Å²) in [5.41, 5.74) is 3.12. The minimum absolute atomic E-state index is 0.104. The normalized spacial score (nSPS) is 10.6. The number of carbonyl (C=O) groups is 2. The molecule has 0 fully saturated rings. The third-order valence-electron chi connectivity index (χ3n) is 3.85. The molecule has 1 amide bonds. The molecule has 3 aromatic rings. The lowest BCUT2D eigenvalue weighted by Crippen LogP contribution is -2.17. The van der Waals surface area contributed by atoms with Crippen LogP contribution in [-0.4, -0.2) is 23.0 Å². The average molecular weight is 424 g/mol. The quantitative estimate of drug-likeness (QED) is 0.210. The molecule has 0 heterocycles. The maximum Gasteiger partial charge on any atom is 0.343 e. The summed E-state index contributed by atoms with van der Waals surface area (Å²) in [7, 11) is 0. The third-order valence-corrected chi connectivity index (χ3v) is 4.10. The van der Waals surface area contributed by atoms with Gasteiger partial charge in [0.15, 0.2) is 0 Å². The molecule has 0 radical (unpaired) electrons.